The van der Waals surface area contributed by atoms with Gasteiger partial charge >= 0.3 is 0 Å². The minimum absolute atomic E-state index is 0.0841. The molecule has 27 heavy (non-hydrogen) atoms. The molecule has 1 aliphatic heterocycles. The summed E-state index contributed by atoms with van der Waals surface area (Å²) >= 11 is 0. The summed E-state index contributed by atoms with van der Waals surface area (Å²) in [5, 5.41) is 5.30. The van der Waals surface area contributed by atoms with Gasteiger partial charge in [0.05, 0.1) is 11.0 Å². The molecule has 0 aliphatic carbocycles. The Hall–Kier alpha value is -3.55. The molecule has 2 aromatic carbocycles. The summed E-state index contributed by atoms with van der Waals surface area (Å²) in [5.41, 5.74) is 1.56. The molecule has 0 saturated carbocycles. The fourth-order valence-corrected chi connectivity index (χ4v) is 2.76. The lowest BCUT2D eigenvalue weighted by Gasteiger charge is -2.26. The summed E-state index contributed by atoms with van der Waals surface area (Å²) in [4.78, 5) is 32.0. The summed E-state index contributed by atoms with van der Waals surface area (Å²) < 4.78 is 11.2. The molecule has 0 fully saturated rings. The standard InChI is InChI=1S/C19H18N4O4/c1-11(17(24)23-19-21-12-6-2-3-7-13(12)22-19)20-18(25)16-10-26-14-8-4-5-9-15(14)27-16/h2-9,11,16H,10H2,1H3,(H,20,25)(H2,21,22,23,24)/t11-,16+/m1/s1. The number of aromatic nitrogens is 2. The summed E-state index contributed by atoms with van der Waals surface area (Å²) in [5.74, 6) is 0.616. The lowest BCUT2D eigenvalue weighted by atomic mass is 10.2. The molecule has 0 unspecified atom stereocenters. The van der Waals surface area contributed by atoms with Gasteiger partial charge in [0.2, 0.25) is 18.0 Å². The molecule has 2 atom stereocenters. The number of nitrogens with one attached hydrogen (secondary N) is 3. The van der Waals surface area contributed by atoms with Gasteiger partial charge < -0.3 is 19.8 Å². The number of carbonyl (C=O) groups excluding carboxylic acids is 2. The molecular formula is C19H18N4O4. The van der Waals surface area contributed by atoms with E-state index in [1.165, 1.54) is 0 Å². The van der Waals surface area contributed by atoms with E-state index >= 15 is 0 Å². The van der Waals surface area contributed by atoms with Crippen LogP contribution in [0.15, 0.2) is 48.5 Å². The van der Waals surface area contributed by atoms with E-state index in [0.717, 1.165) is 11.0 Å². The molecule has 2 heterocycles. The Morgan fingerprint density at radius 2 is 1.89 bits per heavy atom. The average Bonchev–Trinajstić information content (AvgIpc) is 3.09. The van der Waals surface area contributed by atoms with Crippen LogP contribution in [0.5, 0.6) is 11.5 Å². The molecule has 2 amide bonds. The predicted molar refractivity (Wildman–Crippen MR) is 98.7 cm³/mol. The van der Waals surface area contributed by atoms with Crippen LogP contribution < -0.4 is 20.1 Å². The maximum Gasteiger partial charge on any atom is 0.265 e. The van der Waals surface area contributed by atoms with Crippen molar-refractivity contribution in [2.45, 2.75) is 19.1 Å². The lowest BCUT2D eigenvalue weighted by molar-refractivity contribution is -0.133. The van der Waals surface area contributed by atoms with E-state index in [9.17, 15) is 9.59 Å². The highest BCUT2D eigenvalue weighted by Gasteiger charge is 2.29. The number of rotatable bonds is 4. The van der Waals surface area contributed by atoms with E-state index in [4.69, 9.17) is 9.47 Å². The van der Waals surface area contributed by atoms with Crippen molar-refractivity contribution in [1.29, 1.82) is 0 Å². The van der Waals surface area contributed by atoms with Gasteiger partial charge in [-0.15, -0.1) is 0 Å². The number of benzene rings is 2. The maximum atomic E-state index is 12.4. The van der Waals surface area contributed by atoms with Crippen LogP contribution in [0.25, 0.3) is 11.0 Å². The monoisotopic (exact) mass is 366 g/mol. The maximum absolute atomic E-state index is 12.4. The van der Waals surface area contributed by atoms with Crippen LogP contribution in [0.4, 0.5) is 5.95 Å². The van der Waals surface area contributed by atoms with Crippen LogP contribution in [0.2, 0.25) is 0 Å². The molecule has 8 heteroatoms. The van der Waals surface area contributed by atoms with Crippen molar-refractivity contribution >= 4 is 28.8 Å². The Balaban J connectivity index is 1.36. The van der Waals surface area contributed by atoms with Gasteiger partial charge in [-0.2, -0.15) is 0 Å². The molecule has 8 nitrogen and oxygen atoms in total. The number of hydrogen-bond acceptors (Lipinski definition) is 5. The normalized spacial score (nSPS) is 16.6. The van der Waals surface area contributed by atoms with Crippen molar-refractivity contribution in [1.82, 2.24) is 15.3 Å². The number of amides is 2. The molecule has 1 aliphatic rings. The Bertz CT molecular complexity index is 967. The van der Waals surface area contributed by atoms with Crippen LogP contribution >= 0.6 is 0 Å². The topological polar surface area (TPSA) is 105 Å². The Morgan fingerprint density at radius 3 is 2.70 bits per heavy atom. The Labute approximate surface area is 154 Å². The smallest absolute Gasteiger partial charge is 0.265 e. The third-order valence-electron chi connectivity index (χ3n) is 4.18. The first-order chi connectivity index (χ1) is 13.1. The number of nitrogens with zero attached hydrogens (tertiary/aromatic N) is 1. The van der Waals surface area contributed by atoms with E-state index in [1.54, 1.807) is 25.1 Å². The number of aromatic amines is 1. The van der Waals surface area contributed by atoms with Crippen molar-refractivity contribution in [3.05, 3.63) is 48.5 Å². The quantitative estimate of drug-likeness (QED) is 0.653. The zero-order valence-electron chi connectivity index (χ0n) is 14.6. The van der Waals surface area contributed by atoms with E-state index in [2.05, 4.69) is 20.6 Å². The van der Waals surface area contributed by atoms with Crippen molar-refractivity contribution in [3.63, 3.8) is 0 Å². The fraction of sp³-hybridized carbons (Fsp3) is 0.211. The van der Waals surface area contributed by atoms with E-state index < -0.39 is 18.1 Å². The van der Waals surface area contributed by atoms with E-state index in [1.807, 2.05) is 30.3 Å². The Morgan fingerprint density at radius 1 is 1.15 bits per heavy atom. The molecular weight excluding hydrogens is 348 g/mol. The van der Waals surface area contributed by atoms with Crippen LogP contribution in [0.1, 0.15) is 6.92 Å². The minimum Gasteiger partial charge on any atom is -0.485 e. The van der Waals surface area contributed by atoms with Gasteiger partial charge in [0.1, 0.15) is 12.6 Å². The highest BCUT2D eigenvalue weighted by Crippen LogP contribution is 2.30. The van der Waals surface area contributed by atoms with E-state index in [-0.39, 0.29) is 12.5 Å². The van der Waals surface area contributed by atoms with Crippen LogP contribution in [-0.2, 0) is 9.59 Å². The van der Waals surface area contributed by atoms with Gasteiger partial charge in [-0.25, -0.2) is 4.98 Å². The zero-order valence-corrected chi connectivity index (χ0v) is 14.6. The first kappa shape index (κ1) is 16.9. The van der Waals surface area contributed by atoms with Crippen molar-refractivity contribution in [2.75, 3.05) is 11.9 Å². The highest BCUT2D eigenvalue weighted by atomic mass is 16.6. The lowest BCUT2D eigenvalue weighted by Crippen LogP contribution is -2.50. The highest BCUT2D eigenvalue weighted by molar-refractivity contribution is 5.97. The molecule has 0 bridgehead atoms. The van der Waals surface area contributed by atoms with Crippen LogP contribution in [0, 0.1) is 0 Å². The van der Waals surface area contributed by atoms with Gasteiger partial charge in [0.25, 0.3) is 5.91 Å². The van der Waals surface area contributed by atoms with Crippen LogP contribution in [-0.4, -0.2) is 40.5 Å². The number of para-hydroxylation sites is 4. The van der Waals surface area contributed by atoms with Crippen LogP contribution in [0.3, 0.4) is 0 Å². The molecule has 4 rings (SSSR count). The SMILES string of the molecule is C[C@@H](NC(=O)[C@@H]1COc2ccccc2O1)C(=O)Nc1nc2ccccc2[nH]1. The van der Waals surface area contributed by atoms with Crippen molar-refractivity contribution < 1.29 is 19.1 Å². The van der Waals surface area contributed by atoms with Gasteiger partial charge in [0.15, 0.2) is 11.5 Å². The third kappa shape index (κ3) is 3.55. The zero-order chi connectivity index (χ0) is 18.8. The first-order valence-electron chi connectivity index (χ1n) is 8.54. The predicted octanol–water partition coefficient (Wildman–Crippen LogP) is 1.85. The number of H-pyrrole nitrogens is 1. The average molecular weight is 366 g/mol. The van der Waals surface area contributed by atoms with Gasteiger partial charge in [0, 0.05) is 0 Å². The van der Waals surface area contributed by atoms with Crippen molar-refractivity contribution in [3.8, 4) is 11.5 Å². The number of imidazole rings is 1. The number of hydrogen-bond donors (Lipinski definition) is 3. The fourth-order valence-electron chi connectivity index (χ4n) is 2.76. The number of anilines is 1. The summed E-state index contributed by atoms with van der Waals surface area (Å²) in [6.07, 6.45) is -0.818. The summed E-state index contributed by atoms with van der Waals surface area (Å²) in [6, 6.07) is 13.8. The largest absolute Gasteiger partial charge is 0.485 e. The van der Waals surface area contributed by atoms with Crippen molar-refractivity contribution in [2.24, 2.45) is 0 Å². The molecule has 3 aromatic rings. The molecule has 1 aromatic heterocycles. The first-order valence-corrected chi connectivity index (χ1v) is 8.54. The molecule has 3 N–H and O–H groups in total. The van der Waals surface area contributed by atoms with Gasteiger partial charge in [-0.05, 0) is 31.2 Å². The van der Waals surface area contributed by atoms with E-state index in [0.29, 0.717) is 17.4 Å². The number of carbonyl (C=O) groups is 2. The number of fused-ring (bicyclic) bond motifs is 2. The summed E-state index contributed by atoms with van der Waals surface area (Å²) in [7, 11) is 0. The molecule has 0 radical (unpaired) electrons. The van der Waals surface area contributed by atoms with Gasteiger partial charge in [-0.1, -0.05) is 24.3 Å². The third-order valence-corrected chi connectivity index (χ3v) is 4.18. The molecule has 138 valence electrons. The second-order valence-electron chi connectivity index (χ2n) is 6.19. The second kappa shape index (κ2) is 6.99. The van der Waals surface area contributed by atoms with Gasteiger partial charge in [-0.3, -0.25) is 14.9 Å². The minimum atomic E-state index is -0.818. The molecule has 0 saturated heterocycles. The Kier molecular flexibility index (Phi) is 4.37. The second-order valence-corrected chi connectivity index (χ2v) is 6.19. The molecule has 0 spiro atoms. The number of ether oxygens (including phenoxy) is 2. The summed E-state index contributed by atoms with van der Waals surface area (Å²) in [6.45, 7) is 1.67.